The van der Waals surface area contributed by atoms with Crippen LogP contribution in [0.5, 0.6) is 5.75 Å². The fourth-order valence-corrected chi connectivity index (χ4v) is 7.23. The molecule has 4 aliphatic rings. The number of amides is 1. The Morgan fingerprint density at radius 2 is 2.03 bits per heavy atom. The summed E-state index contributed by atoms with van der Waals surface area (Å²) < 4.78 is 11.9. The largest absolute Gasteiger partial charge is 0.508 e. The molecule has 1 unspecified atom stereocenters. The highest BCUT2D eigenvalue weighted by Gasteiger charge is 2.68. The molecular formula is C25H36N2O4. The Bertz CT molecular complexity index is 850. The zero-order valence-corrected chi connectivity index (χ0v) is 19.0. The van der Waals surface area contributed by atoms with Crippen molar-refractivity contribution in [2.75, 3.05) is 32.9 Å². The van der Waals surface area contributed by atoms with Gasteiger partial charge in [0.15, 0.2) is 0 Å². The maximum absolute atomic E-state index is 12.1. The van der Waals surface area contributed by atoms with E-state index in [9.17, 15) is 9.90 Å². The van der Waals surface area contributed by atoms with Crippen LogP contribution in [0.3, 0.4) is 0 Å². The van der Waals surface area contributed by atoms with Gasteiger partial charge in [-0.25, -0.2) is 0 Å². The molecule has 6 heteroatoms. The molecule has 170 valence electrons. The van der Waals surface area contributed by atoms with Crippen LogP contribution in [0.15, 0.2) is 18.2 Å². The third kappa shape index (κ3) is 3.47. The highest BCUT2D eigenvalue weighted by Crippen LogP contribution is 2.70. The van der Waals surface area contributed by atoms with E-state index in [-0.39, 0.29) is 28.9 Å². The van der Waals surface area contributed by atoms with Gasteiger partial charge >= 0.3 is 0 Å². The molecule has 2 heterocycles. The maximum atomic E-state index is 12.1. The first kappa shape index (κ1) is 21.2. The summed E-state index contributed by atoms with van der Waals surface area (Å²) in [6.07, 6.45) is 3.36. The number of nitrogens with zero attached hydrogens (tertiary/aromatic N) is 1. The molecule has 5 rings (SSSR count). The number of carbonyl (C=O) groups is 1. The number of fused-ring (bicyclic) bond motifs is 1. The Balaban J connectivity index is 1.43. The topological polar surface area (TPSA) is 71.0 Å². The second kappa shape index (κ2) is 7.75. The molecule has 6 nitrogen and oxygen atoms in total. The van der Waals surface area contributed by atoms with Crippen LogP contribution in [0.1, 0.15) is 57.3 Å². The second-order valence-corrected chi connectivity index (χ2v) is 10.7. The van der Waals surface area contributed by atoms with Crippen molar-refractivity contribution in [1.29, 1.82) is 0 Å². The number of ether oxygens (including phenoxy) is 2. The molecule has 2 bridgehead atoms. The number of aromatic hydroxyl groups is 1. The number of carbonyl (C=O) groups excluding carboxylic acids is 1. The predicted molar refractivity (Wildman–Crippen MR) is 118 cm³/mol. The van der Waals surface area contributed by atoms with E-state index in [0.717, 1.165) is 63.4 Å². The van der Waals surface area contributed by atoms with Crippen molar-refractivity contribution in [3.8, 4) is 5.75 Å². The van der Waals surface area contributed by atoms with Crippen molar-refractivity contribution in [1.82, 2.24) is 10.2 Å². The van der Waals surface area contributed by atoms with E-state index in [1.165, 1.54) is 6.42 Å². The molecule has 2 N–H and O–H groups in total. The fourth-order valence-electron chi connectivity index (χ4n) is 7.23. The van der Waals surface area contributed by atoms with Gasteiger partial charge in [0, 0.05) is 44.8 Å². The fraction of sp³-hybridized carbons (Fsp3) is 0.720. The number of phenolic OH excluding ortho intramolecular Hbond substituents is 1. The Morgan fingerprint density at radius 3 is 2.77 bits per heavy atom. The quantitative estimate of drug-likeness (QED) is 0.770. The summed E-state index contributed by atoms with van der Waals surface area (Å²) >= 11 is 0. The molecule has 31 heavy (non-hydrogen) atoms. The van der Waals surface area contributed by atoms with Gasteiger partial charge in [0.05, 0.1) is 19.3 Å². The average Bonchev–Trinajstić information content (AvgIpc) is 3.23. The molecule has 2 saturated heterocycles. The Morgan fingerprint density at radius 1 is 1.26 bits per heavy atom. The van der Waals surface area contributed by atoms with E-state index >= 15 is 0 Å². The smallest absolute Gasteiger partial charge is 0.217 e. The molecule has 5 atom stereocenters. The van der Waals surface area contributed by atoms with Crippen LogP contribution in [0.25, 0.3) is 0 Å². The number of rotatable bonds is 4. The van der Waals surface area contributed by atoms with Gasteiger partial charge in [-0.15, -0.1) is 0 Å². The van der Waals surface area contributed by atoms with Gasteiger partial charge in [0.1, 0.15) is 5.75 Å². The third-order valence-corrected chi connectivity index (χ3v) is 8.78. The average molecular weight is 429 g/mol. The number of benzene rings is 1. The lowest BCUT2D eigenvalue weighted by Crippen LogP contribution is -2.58. The predicted octanol–water partition coefficient (Wildman–Crippen LogP) is 3.24. The zero-order chi connectivity index (χ0) is 21.8. The van der Waals surface area contributed by atoms with Gasteiger partial charge in [-0.05, 0) is 59.6 Å². The van der Waals surface area contributed by atoms with Crippen molar-refractivity contribution in [2.45, 2.75) is 58.7 Å². The lowest BCUT2D eigenvalue weighted by Gasteiger charge is -2.53. The van der Waals surface area contributed by atoms with Crippen LogP contribution in [0, 0.1) is 22.7 Å². The van der Waals surface area contributed by atoms with Crippen LogP contribution in [-0.2, 0) is 20.8 Å². The standard InChI is InChI=1S/C25H36N2O4/c1-16(28)26-23-24(2,3)19-13-20-22(31-9-6-25(20,23)14-19)17-4-5-21(29)18(12-17)15-27-7-10-30-11-8-27/h4-5,12,19-20,22-23,29H,6-11,13-15H2,1-3H3,(H,26,28)/t19-,20-,22-,23-,25?/m1/s1. The number of morpholine rings is 1. The van der Waals surface area contributed by atoms with Gasteiger partial charge < -0.3 is 19.9 Å². The van der Waals surface area contributed by atoms with Crippen molar-refractivity contribution in [2.24, 2.45) is 22.7 Å². The van der Waals surface area contributed by atoms with Gasteiger partial charge in [-0.3, -0.25) is 9.69 Å². The van der Waals surface area contributed by atoms with E-state index < -0.39 is 0 Å². The summed E-state index contributed by atoms with van der Waals surface area (Å²) in [4.78, 5) is 14.4. The van der Waals surface area contributed by atoms with Crippen LogP contribution < -0.4 is 5.32 Å². The molecular weight excluding hydrogens is 392 g/mol. The summed E-state index contributed by atoms with van der Waals surface area (Å²) in [6.45, 7) is 11.0. The molecule has 0 radical (unpaired) electrons. The summed E-state index contributed by atoms with van der Waals surface area (Å²) in [5, 5.41) is 13.9. The van der Waals surface area contributed by atoms with Crippen molar-refractivity contribution < 1.29 is 19.4 Å². The summed E-state index contributed by atoms with van der Waals surface area (Å²) in [7, 11) is 0. The zero-order valence-electron chi connectivity index (χ0n) is 19.0. The molecule has 1 amide bonds. The summed E-state index contributed by atoms with van der Waals surface area (Å²) in [6, 6.07) is 6.21. The number of hydrogen-bond donors (Lipinski definition) is 2. The van der Waals surface area contributed by atoms with E-state index in [1.54, 1.807) is 6.92 Å². The van der Waals surface area contributed by atoms with E-state index in [2.05, 4.69) is 30.1 Å². The number of nitrogens with one attached hydrogen (secondary N) is 1. The SMILES string of the molecule is CC(=O)N[C@@H]1C(C)(C)[C@@H]2C[C@@H]3[C@@H](c4ccc(O)c(CN5CCOCC5)c4)OCCC31C2. The van der Waals surface area contributed by atoms with Crippen molar-refractivity contribution in [3.63, 3.8) is 0 Å². The first-order chi connectivity index (χ1) is 14.8. The van der Waals surface area contributed by atoms with Crippen LogP contribution in [0.2, 0.25) is 0 Å². The molecule has 2 aliphatic heterocycles. The van der Waals surface area contributed by atoms with E-state index in [0.29, 0.717) is 17.6 Å². The van der Waals surface area contributed by atoms with Gasteiger partial charge in [-0.2, -0.15) is 0 Å². The minimum atomic E-state index is 0.0233. The van der Waals surface area contributed by atoms with Gasteiger partial charge in [-0.1, -0.05) is 19.9 Å². The van der Waals surface area contributed by atoms with Crippen LogP contribution in [-0.4, -0.2) is 54.9 Å². The van der Waals surface area contributed by atoms with Crippen molar-refractivity contribution >= 4 is 5.91 Å². The Hall–Kier alpha value is -1.63. The monoisotopic (exact) mass is 428 g/mol. The number of hydrogen-bond acceptors (Lipinski definition) is 5. The molecule has 4 fully saturated rings. The van der Waals surface area contributed by atoms with E-state index in [1.807, 2.05) is 12.1 Å². The maximum Gasteiger partial charge on any atom is 0.217 e. The first-order valence-electron chi connectivity index (χ1n) is 11.8. The Kier molecular flexibility index (Phi) is 5.31. The molecule has 1 aromatic rings. The molecule has 2 saturated carbocycles. The van der Waals surface area contributed by atoms with E-state index in [4.69, 9.17) is 9.47 Å². The molecule has 1 aromatic carbocycles. The second-order valence-electron chi connectivity index (χ2n) is 10.7. The third-order valence-electron chi connectivity index (χ3n) is 8.78. The van der Waals surface area contributed by atoms with Gasteiger partial charge in [0.2, 0.25) is 5.91 Å². The minimum Gasteiger partial charge on any atom is -0.508 e. The molecule has 0 aromatic heterocycles. The van der Waals surface area contributed by atoms with Gasteiger partial charge in [0.25, 0.3) is 0 Å². The lowest BCUT2D eigenvalue weighted by molar-refractivity contribution is -0.136. The van der Waals surface area contributed by atoms with Crippen LogP contribution in [0.4, 0.5) is 0 Å². The molecule has 2 aliphatic carbocycles. The van der Waals surface area contributed by atoms with Crippen molar-refractivity contribution in [3.05, 3.63) is 29.3 Å². The highest BCUT2D eigenvalue weighted by atomic mass is 16.5. The number of phenols is 1. The molecule has 1 spiro atoms. The minimum absolute atomic E-state index is 0.0233. The summed E-state index contributed by atoms with van der Waals surface area (Å²) in [5.41, 5.74) is 2.34. The summed E-state index contributed by atoms with van der Waals surface area (Å²) in [5.74, 6) is 1.42. The van der Waals surface area contributed by atoms with Crippen LogP contribution >= 0.6 is 0 Å². The Labute approximate surface area is 185 Å². The lowest BCUT2D eigenvalue weighted by atomic mass is 9.59. The highest BCUT2D eigenvalue weighted by molar-refractivity contribution is 5.73. The normalized spacial score (nSPS) is 36.9. The first-order valence-corrected chi connectivity index (χ1v) is 11.8.